The number of aromatic amines is 1. The summed E-state index contributed by atoms with van der Waals surface area (Å²) in [6, 6.07) is 8.95. The summed E-state index contributed by atoms with van der Waals surface area (Å²) in [6.45, 7) is 1.88. The lowest BCUT2D eigenvalue weighted by Gasteiger charge is -2.10. The SMILES string of the molecule is CC[C@H](N)C(=O)Nc1ccc(-c2ccn[nH]2)cc1. The third-order valence-electron chi connectivity index (χ3n) is 2.74. The second kappa shape index (κ2) is 5.46. The van der Waals surface area contributed by atoms with Gasteiger partial charge in [-0.05, 0) is 30.2 Å². The average Bonchev–Trinajstić information content (AvgIpc) is 2.92. The Morgan fingerprint density at radius 3 is 2.67 bits per heavy atom. The Labute approximate surface area is 105 Å². The molecule has 2 rings (SSSR count). The summed E-state index contributed by atoms with van der Waals surface area (Å²) in [4.78, 5) is 11.6. The molecule has 5 heteroatoms. The van der Waals surface area contributed by atoms with Crippen molar-refractivity contribution in [1.82, 2.24) is 10.2 Å². The van der Waals surface area contributed by atoms with Crippen molar-refractivity contribution in [2.45, 2.75) is 19.4 Å². The average molecular weight is 244 g/mol. The zero-order chi connectivity index (χ0) is 13.0. The Bertz CT molecular complexity index is 504. The molecule has 1 aromatic heterocycles. The lowest BCUT2D eigenvalue weighted by Crippen LogP contribution is -2.34. The van der Waals surface area contributed by atoms with Crippen LogP contribution in [0.25, 0.3) is 11.3 Å². The molecule has 0 radical (unpaired) electrons. The van der Waals surface area contributed by atoms with Gasteiger partial charge in [-0.25, -0.2) is 0 Å². The topological polar surface area (TPSA) is 83.8 Å². The Hall–Kier alpha value is -2.14. The molecule has 1 heterocycles. The predicted molar refractivity (Wildman–Crippen MR) is 70.9 cm³/mol. The molecule has 0 fully saturated rings. The Kier molecular flexibility index (Phi) is 3.74. The smallest absolute Gasteiger partial charge is 0.241 e. The van der Waals surface area contributed by atoms with Gasteiger partial charge in [0.15, 0.2) is 0 Å². The summed E-state index contributed by atoms with van der Waals surface area (Å²) in [5.41, 5.74) is 8.35. The monoisotopic (exact) mass is 244 g/mol. The van der Waals surface area contributed by atoms with E-state index in [1.807, 2.05) is 37.3 Å². The molecule has 0 spiro atoms. The highest BCUT2D eigenvalue weighted by atomic mass is 16.2. The largest absolute Gasteiger partial charge is 0.325 e. The molecule has 2 aromatic rings. The minimum Gasteiger partial charge on any atom is -0.325 e. The van der Waals surface area contributed by atoms with Crippen molar-refractivity contribution in [2.75, 3.05) is 5.32 Å². The van der Waals surface area contributed by atoms with Crippen LogP contribution in [0, 0.1) is 0 Å². The number of carbonyl (C=O) groups excluding carboxylic acids is 1. The van der Waals surface area contributed by atoms with Crippen LogP contribution in [0.15, 0.2) is 36.5 Å². The van der Waals surface area contributed by atoms with E-state index < -0.39 is 6.04 Å². The fourth-order valence-corrected chi connectivity index (χ4v) is 1.57. The maximum atomic E-state index is 11.6. The Morgan fingerprint density at radius 2 is 2.11 bits per heavy atom. The summed E-state index contributed by atoms with van der Waals surface area (Å²) in [7, 11) is 0. The summed E-state index contributed by atoms with van der Waals surface area (Å²) >= 11 is 0. The summed E-state index contributed by atoms with van der Waals surface area (Å²) < 4.78 is 0. The van der Waals surface area contributed by atoms with Crippen molar-refractivity contribution >= 4 is 11.6 Å². The lowest BCUT2D eigenvalue weighted by molar-refractivity contribution is -0.117. The van der Waals surface area contributed by atoms with E-state index in [0.717, 1.165) is 16.9 Å². The second-order valence-electron chi connectivity index (χ2n) is 4.05. The standard InChI is InChI=1S/C13H16N4O/c1-2-11(14)13(18)16-10-5-3-9(4-6-10)12-7-8-15-17-12/h3-8,11H,2,14H2,1H3,(H,15,17)(H,16,18)/t11-/m0/s1. The molecule has 1 atom stereocenters. The normalized spacial score (nSPS) is 12.1. The van der Waals surface area contributed by atoms with E-state index in [4.69, 9.17) is 5.73 Å². The fraction of sp³-hybridized carbons (Fsp3) is 0.231. The number of amides is 1. The van der Waals surface area contributed by atoms with E-state index in [1.165, 1.54) is 0 Å². The molecule has 0 aliphatic rings. The number of nitrogens with zero attached hydrogens (tertiary/aromatic N) is 1. The zero-order valence-electron chi connectivity index (χ0n) is 10.2. The van der Waals surface area contributed by atoms with E-state index in [0.29, 0.717) is 6.42 Å². The van der Waals surface area contributed by atoms with Crippen molar-refractivity contribution in [3.8, 4) is 11.3 Å². The first-order valence-electron chi connectivity index (χ1n) is 5.87. The Morgan fingerprint density at radius 1 is 1.39 bits per heavy atom. The van der Waals surface area contributed by atoms with Gasteiger partial charge in [-0.15, -0.1) is 0 Å². The van der Waals surface area contributed by atoms with Gasteiger partial charge in [0, 0.05) is 11.9 Å². The third-order valence-corrected chi connectivity index (χ3v) is 2.74. The van der Waals surface area contributed by atoms with Crippen molar-refractivity contribution < 1.29 is 4.79 Å². The number of benzene rings is 1. The highest BCUT2D eigenvalue weighted by Crippen LogP contribution is 2.18. The van der Waals surface area contributed by atoms with E-state index in [1.54, 1.807) is 6.20 Å². The molecule has 0 bridgehead atoms. The van der Waals surface area contributed by atoms with Crippen LogP contribution in [0.3, 0.4) is 0 Å². The van der Waals surface area contributed by atoms with E-state index in [-0.39, 0.29) is 5.91 Å². The molecule has 0 aliphatic heterocycles. The fourth-order valence-electron chi connectivity index (χ4n) is 1.57. The number of hydrogen-bond donors (Lipinski definition) is 3. The van der Waals surface area contributed by atoms with Crippen LogP contribution in [-0.2, 0) is 4.79 Å². The van der Waals surface area contributed by atoms with Gasteiger partial charge in [-0.3, -0.25) is 9.89 Å². The van der Waals surface area contributed by atoms with Crippen LogP contribution < -0.4 is 11.1 Å². The number of anilines is 1. The van der Waals surface area contributed by atoms with Gasteiger partial charge in [0.2, 0.25) is 5.91 Å². The van der Waals surface area contributed by atoms with Crippen LogP contribution in [0.1, 0.15) is 13.3 Å². The van der Waals surface area contributed by atoms with Crippen LogP contribution in [0.5, 0.6) is 0 Å². The molecule has 0 aliphatic carbocycles. The number of H-pyrrole nitrogens is 1. The number of hydrogen-bond acceptors (Lipinski definition) is 3. The summed E-state index contributed by atoms with van der Waals surface area (Å²) in [5.74, 6) is -0.160. The molecule has 0 unspecified atom stereocenters. The van der Waals surface area contributed by atoms with E-state index in [2.05, 4.69) is 15.5 Å². The highest BCUT2D eigenvalue weighted by Gasteiger charge is 2.10. The molecule has 18 heavy (non-hydrogen) atoms. The van der Waals surface area contributed by atoms with Crippen molar-refractivity contribution in [3.63, 3.8) is 0 Å². The first-order chi connectivity index (χ1) is 8.70. The van der Waals surface area contributed by atoms with Crippen molar-refractivity contribution in [3.05, 3.63) is 36.5 Å². The molecule has 4 N–H and O–H groups in total. The predicted octanol–water partition coefficient (Wildman–Crippen LogP) is 1.75. The van der Waals surface area contributed by atoms with Gasteiger partial charge >= 0.3 is 0 Å². The third kappa shape index (κ3) is 2.75. The van der Waals surface area contributed by atoms with Gasteiger partial charge in [0.1, 0.15) is 0 Å². The zero-order valence-corrected chi connectivity index (χ0v) is 10.2. The van der Waals surface area contributed by atoms with Gasteiger partial charge < -0.3 is 11.1 Å². The molecule has 1 amide bonds. The second-order valence-corrected chi connectivity index (χ2v) is 4.05. The van der Waals surface area contributed by atoms with Crippen LogP contribution in [0.4, 0.5) is 5.69 Å². The lowest BCUT2D eigenvalue weighted by atomic mass is 10.1. The number of carbonyl (C=O) groups is 1. The minimum absolute atomic E-state index is 0.160. The highest BCUT2D eigenvalue weighted by molar-refractivity contribution is 5.94. The van der Waals surface area contributed by atoms with Gasteiger partial charge in [-0.2, -0.15) is 5.10 Å². The van der Waals surface area contributed by atoms with Gasteiger partial charge in [0.25, 0.3) is 0 Å². The molecule has 5 nitrogen and oxygen atoms in total. The van der Waals surface area contributed by atoms with Gasteiger partial charge in [-0.1, -0.05) is 19.1 Å². The quantitative estimate of drug-likeness (QED) is 0.766. The number of nitrogens with two attached hydrogens (primary N) is 1. The number of aromatic nitrogens is 2. The first-order valence-corrected chi connectivity index (χ1v) is 5.87. The van der Waals surface area contributed by atoms with Crippen LogP contribution >= 0.6 is 0 Å². The maximum absolute atomic E-state index is 11.6. The number of nitrogens with one attached hydrogen (secondary N) is 2. The molecule has 94 valence electrons. The van der Waals surface area contributed by atoms with E-state index in [9.17, 15) is 4.79 Å². The van der Waals surface area contributed by atoms with Crippen LogP contribution in [0.2, 0.25) is 0 Å². The first kappa shape index (κ1) is 12.3. The Balaban J connectivity index is 2.06. The molecule has 0 saturated carbocycles. The van der Waals surface area contributed by atoms with Crippen molar-refractivity contribution in [1.29, 1.82) is 0 Å². The van der Waals surface area contributed by atoms with Gasteiger partial charge in [0.05, 0.1) is 11.7 Å². The molecule has 0 saturated heterocycles. The number of rotatable bonds is 4. The molecule has 1 aromatic carbocycles. The van der Waals surface area contributed by atoms with E-state index >= 15 is 0 Å². The van der Waals surface area contributed by atoms with Crippen molar-refractivity contribution in [2.24, 2.45) is 5.73 Å². The minimum atomic E-state index is -0.461. The molecular formula is C13H16N4O. The summed E-state index contributed by atoms with van der Waals surface area (Å²) in [5, 5.41) is 9.55. The summed E-state index contributed by atoms with van der Waals surface area (Å²) in [6.07, 6.45) is 2.32. The maximum Gasteiger partial charge on any atom is 0.241 e. The molecular weight excluding hydrogens is 228 g/mol. The van der Waals surface area contributed by atoms with Crippen LogP contribution in [-0.4, -0.2) is 22.1 Å².